The van der Waals surface area contributed by atoms with Gasteiger partial charge in [-0.25, -0.2) is 9.48 Å². The van der Waals surface area contributed by atoms with Gasteiger partial charge in [-0.15, -0.1) is 5.10 Å². The number of benzene rings is 1. The van der Waals surface area contributed by atoms with Crippen LogP contribution in [0.5, 0.6) is 0 Å². The van der Waals surface area contributed by atoms with Gasteiger partial charge in [0.05, 0.1) is 11.4 Å². The second kappa shape index (κ2) is 7.53. The molecular weight excluding hydrogens is 346 g/mol. The van der Waals surface area contributed by atoms with Crippen molar-refractivity contribution in [3.05, 3.63) is 48.0 Å². The number of hydrogen-bond acceptors (Lipinski definition) is 5. The molecule has 0 radical (unpaired) electrons. The molecule has 1 amide bonds. The average Bonchev–Trinajstić information content (AvgIpc) is 3.01. The molecular formula is C19H21N5O3. The van der Waals surface area contributed by atoms with E-state index in [0.29, 0.717) is 12.1 Å². The number of rotatable bonds is 6. The first-order valence-corrected chi connectivity index (χ1v) is 8.67. The van der Waals surface area contributed by atoms with E-state index in [0.717, 1.165) is 16.5 Å². The molecule has 0 saturated carbocycles. The zero-order valence-electron chi connectivity index (χ0n) is 15.4. The predicted octanol–water partition coefficient (Wildman–Crippen LogP) is 2.35. The summed E-state index contributed by atoms with van der Waals surface area (Å²) in [5.41, 5.74) is 1.41. The summed E-state index contributed by atoms with van der Waals surface area (Å²) in [6.45, 7) is 5.53. The van der Waals surface area contributed by atoms with E-state index in [1.54, 1.807) is 24.0 Å². The lowest BCUT2D eigenvalue weighted by atomic mass is 10.0. The van der Waals surface area contributed by atoms with E-state index in [1.807, 2.05) is 38.1 Å². The number of nitrogens with zero attached hydrogens (tertiary/aromatic N) is 4. The maximum absolute atomic E-state index is 12.6. The topological polar surface area (TPSA) is 110 Å². The second-order valence-corrected chi connectivity index (χ2v) is 6.80. The summed E-state index contributed by atoms with van der Waals surface area (Å²) in [5.74, 6) is -1.48. The van der Waals surface area contributed by atoms with E-state index in [9.17, 15) is 14.7 Å². The minimum absolute atomic E-state index is 0.107. The maximum Gasteiger partial charge on any atom is 0.326 e. The third kappa shape index (κ3) is 3.79. The van der Waals surface area contributed by atoms with Gasteiger partial charge >= 0.3 is 5.97 Å². The monoisotopic (exact) mass is 367 g/mol. The van der Waals surface area contributed by atoms with Crippen molar-refractivity contribution in [3.8, 4) is 5.69 Å². The molecule has 1 atom stereocenters. The van der Waals surface area contributed by atoms with Crippen LogP contribution in [0, 0.1) is 12.8 Å². The molecule has 2 heterocycles. The van der Waals surface area contributed by atoms with E-state index in [1.165, 1.54) is 0 Å². The molecule has 1 aromatic carbocycles. The lowest BCUT2D eigenvalue weighted by Gasteiger charge is -2.15. The highest BCUT2D eigenvalue weighted by atomic mass is 16.4. The molecule has 2 N–H and O–H groups in total. The van der Waals surface area contributed by atoms with Gasteiger partial charge in [0, 0.05) is 23.2 Å². The van der Waals surface area contributed by atoms with Crippen LogP contribution >= 0.6 is 0 Å². The molecule has 140 valence electrons. The Bertz CT molecular complexity index is 991. The van der Waals surface area contributed by atoms with Gasteiger partial charge in [0.2, 0.25) is 0 Å². The second-order valence-electron chi connectivity index (χ2n) is 6.80. The van der Waals surface area contributed by atoms with E-state index < -0.39 is 17.9 Å². The molecule has 3 rings (SSSR count). The van der Waals surface area contributed by atoms with Gasteiger partial charge in [-0.1, -0.05) is 31.2 Å². The Morgan fingerprint density at radius 1 is 1.26 bits per heavy atom. The zero-order chi connectivity index (χ0) is 19.6. The molecule has 27 heavy (non-hydrogen) atoms. The third-order valence-electron chi connectivity index (χ3n) is 4.31. The van der Waals surface area contributed by atoms with E-state index in [-0.39, 0.29) is 11.6 Å². The van der Waals surface area contributed by atoms with Crippen molar-refractivity contribution in [2.24, 2.45) is 5.92 Å². The summed E-state index contributed by atoms with van der Waals surface area (Å²) in [4.78, 5) is 28.1. The molecule has 0 fully saturated rings. The summed E-state index contributed by atoms with van der Waals surface area (Å²) in [6, 6.07) is 6.60. The molecule has 0 unspecified atom stereocenters. The Labute approximate surface area is 156 Å². The largest absolute Gasteiger partial charge is 0.480 e. The minimum Gasteiger partial charge on any atom is -0.480 e. The highest BCUT2D eigenvalue weighted by Crippen LogP contribution is 2.22. The first-order chi connectivity index (χ1) is 12.9. The van der Waals surface area contributed by atoms with Gasteiger partial charge in [0.15, 0.2) is 5.69 Å². The van der Waals surface area contributed by atoms with Crippen LogP contribution in [0.2, 0.25) is 0 Å². The molecule has 3 aromatic rings. The Balaban J connectivity index is 1.93. The van der Waals surface area contributed by atoms with Gasteiger partial charge in [-0.3, -0.25) is 9.78 Å². The summed E-state index contributed by atoms with van der Waals surface area (Å²) < 4.78 is 1.58. The van der Waals surface area contributed by atoms with Crippen LogP contribution in [0.15, 0.2) is 36.7 Å². The highest BCUT2D eigenvalue weighted by Gasteiger charge is 2.25. The lowest BCUT2D eigenvalue weighted by molar-refractivity contribution is -0.139. The van der Waals surface area contributed by atoms with Crippen molar-refractivity contribution in [1.29, 1.82) is 0 Å². The minimum atomic E-state index is -1.07. The summed E-state index contributed by atoms with van der Waals surface area (Å²) in [6.07, 6.45) is 3.78. The summed E-state index contributed by atoms with van der Waals surface area (Å²) in [5, 5.41) is 21.8. The van der Waals surface area contributed by atoms with Gasteiger partial charge in [0.25, 0.3) is 5.91 Å². The van der Waals surface area contributed by atoms with Gasteiger partial charge in [-0.2, -0.15) is 0 Å². The fraction of sp³-hybridized carbons (Fsp3) is 0.316. The molecule has 0 saturated heterocycles. The van der Waals surface area contributed by atoms with Crippen LogP contribution in [0.1, 0.15) is 36.5 Å². The SMILES string of the molecule is Cc1c(C(=O)N[C@H](CC(C)C)C(=O)O)nnn1-c1cccc2cnccc12. The standard InChI is InChI=1S/C19H21N5O3/c1-11(2)9-15(19(26)27)21-18(25)17-12(3)24(23-22-17)16-6-4-5-13-10-20-8-7-14(13)16/h4-8,10-11,15H,9H2,1-3H3,(H,21,25)(H,26,27)/t15-/m1/s1. The van der Waals surface area contributed by atoms with Crippen LogP contribution in [0.4, 0.5) is 0 Å². The quantitative estimate of drug-likeness (QED) is 0.692. The molecule has 0 spiro atoms. The van der Waals surface area contributed by atoms with E-state index >= 15 is 0 Å². The van der Waals surface area contributed by atoms with Crippen LogP contribution in [0.3, 0.4) is 0 Å². The van der Waals surface area contributed by atoms with Crippen LogP contribution in [-0.2, 0) is 4.79 Å². The Morgan fingerprint density at radius 3 is 2.74 bits per heavy atom. The number of nitrogens with one attached hydrogen (secondary N) is 1. The molecule has 2 aromatic heterocycles. The number of pyridine rings is 1. The summed E-state index contributed by atoms with van der Waals surface area (Å²) >= 11 is 0. The first-order valence-electron chi connectivity index (χ1n) is 8.67. The predicted molar refractivity (Wildman–Crippen MR) is 99.7 cm³/mol. The number of amides is 1. The molecule has 0 aliphatic rings. The summed E-state index contributed by atoms with van der Waals surface area (Å²) in [7, 11) is 0. The van der Waals surface area contributed by atoms with Crippen LogP contribution < -0.4 is 5.32 Å². The zero-order valence-corrected chi connectivity index (χ0v) is 15.4. The van der Waals surface area contributed by atoms with Crippen molar-refractivity contribution in [2.45, 2.75) is 33.2 Å². The fourth-order valence-corrected chi connectivity index (χ4v) is 2.98. The van der Waals surface area contributed by atoms with Gasteiger partial charge < -0.3 is 10.4 Å². The lowest BCUT2D eigenvalue weighted by Crippen LogP contribution is -2.42. The third-order valence-corrected chi connectivity index (χ3v) is 4.31. The van der Waals surface area contributed by atoms with Gasteiger partial charge in [-0.05, 0) is 31.4 Å². The first kappa shape index (κ1) is 18.5. The normalized spacial score (nSPS) is 12.3. The van der Waals surface area contributed by atoms with Crippen molar-refractivity contribution in [3.63, 3.8) is 0 Å². The number of carboxylic acids is 1. The number of aromatic nitrogens is 4. The molecule has 8 heteroatoms. The Morgan fingerprint density at radius 2 is 2.04 bits per heavy atom. The number of carbonyl (C=O) groups is 2. The van der Waals surface area contributed by atoms with Crippen LogP contribution in [-0.4, -0.2) is 43.0 Å². The number of aliphatic carboxylic acids is 1. The maximum atomic E-state index is 12.6. The fourth-order valence-electron chi connectivity index (χ4n) is 2.98. The number of fused-ring (bicyclic) bond motifs is 1. The van der Waals surface area contributed by atoms with Crippen molar-refractivity contribution < 1.29 is 14.7 Å². The average molecular weight is 367 g/mol. The number of hydrogen-bond donors (Lipinski definition) is 2. The smallest absolute Gasteiger partial charge is 0.326 e. The number of carboxylic acid groups (broad SMARTS) is 1. The van der Waals surface area contributed by atoms with Crippen LogP contribution in [0.25, 0.3) is 16.5 Å². The van der Waals surface area contributed by atoms with Gasteiger partial charge in [0.1, 0.15) is 6.04 Å². The molecule has 0 aliphatic carbocycles. The Kier molecular flexibility index (Phi) is 5.16. The molecule has 0 aliphatic heterocycles. The molecule has 0 bridgehead atoms. The van der Waals surface area contributed by atoms with Crippen molar-refractivity contribution in [2.75, 3.05) is 0 Å². The molecule has 8 nitrogen and oxygen atoms in total. The highest BCUT2D eigenvalue weighted by molar-refractivity contribution is 5.96. The van der Waals surface area contributed by atoms with Crippen molar-refractivity contribution in [1.82, 2.24) is 25.3 Å². The van der Waals surface area contributed by atoms with Crippen molar-refractivity contribution >= 4 is 22.6 Å². The Hall–Kier alpha value is -3.29. The van der Waals surface area contributed by atoms with E-state index in [2.05, 4.69) is 20.6 Å². The number of carbonyl (C=O) groups excluding carboxylic acids is 1. The van der Waals surface area contributed by atoms with E-state index in [4.69, 9.17) is 0 Å².